The SMILES string of the molecule is CC(c1ccncc1)N1CC(S(N)(=O)=O)CC1=O. The average molecular weight is 269 g/mol. The van der Waals surface area contributed by atoms with Crippen molar-refractivity contribution >= 4 is 15.9 Å². The summed E-state index contributed by atoms with van der Waals surface area (Å²) in [6.45, 7) is 2.01. The highest BCUT2D eigenvalue weighted by Crippen LogP contribution is 2.27. The van der Waals surface area contributed by atoms with Crippen molar-refractivity contribution < 1.29 is 13.2 Å². The van der Waals surface area contributed by atoms with Crippen LogP contribution in [-0.4, -0.2) is 36.0 Å². The van der Waals surface area contributed by atoms with Gasteiger partial charge < -0.3 is 4.90 Å². The Morgan fingerprint density at radius 2 is 2.06 bits per heavy atom. The molecule has 0 aromatic carbocycles. The number of pyridine rings is 1. The summed E-state index contributed by atoms with van der Waals surface area (Å²) in [5.41, 5.74) is 0.924. The monoisotopic (exact) mass is 269 g/mol. The summed E-state index contributed by atoms with van der Waals surface area (Å²) in [5, 5.41) is 4.29. The van der Waals surface area contributed by atoms with Gasteiger partial charge in [0.1, 0.15) is 5.25 Å². The molecule has 1 aromatic heterocycles. The summed E-state index contributed by atoms with van der Waals surface area (Å²) >= 11 is 0. The van der Waals surface area contributed by atoms with Crippen molar-refractivity contribution in [2.45, 2.75) is 24.6 Å². The fourth-order valence-electron chi connectivity index (χ4n) is 2.11. The van der Waals surface area contributed by atoms with Crippen LogP contribution in [0.3, 0.4) is 0 Å². The zero-order valence-electron chi connectivity index (χ0n) is 9.98. The highest BCUT2D eigenvalue weighted by atomic mass is 32.2. The van der Waals surface area contributed by atoms with E-state index >= 15 is 0 Å². The quantitative estimate of drug-likeness (QED) is 0.837. The van der Waals surface area contributed by atoms with Gasteiger partial charge in [-0.3, -0.25) is 9.78 Å². The molecule has 0 bridgehead atoms. The normalized spacial score (nSPS) is 22.2. The maximum atomic E-state index is 11.8. The Hall–Kier alpha value is -1.47. The molecule has 1 aromatic rings. The molecule has 1 aliphatic rings. The topological polar surface area (TPSA) is 93.4 Å². The van der Waals surface area contributed by atoms with E-state index in [1.54, 1.807) is 17.3 Å². The zero-order valence-corrected chi connectivity index (χ0v) is 10.8. The Labute approximate surface area is 106 Å². The Morgan fingerprint density at radius 1 is 1.44 bits per heavy atom. The lowest BCUT2D eigenvalue weighted by Crippen LogP contribution is -2.33. The van der Waals surface area contributed by atoms with Crippen LogP contribution in [0.25, 0.3) is 0 Å². The van der Waals surface area contributed by atoms with Crippen molar-refractivity contribution in [2.24, 2.45) is 5.14 Å². The van der Waals surface area contributed by atoms with E-state index in [9.17, 15) is 13.2 Å². The van der Waals surface area contributed by atoms with E-state index in [-0.39, 0.29) is 24.9 Å². The van der Waals surface area contributed by atoms with Crippen LogP contribution in [0.2, 0.25) is 0 Å². The van der Waals surface area contributed by atoms with Crippen LogP contribution in [0.1, 0.15) is 24.9 Å². The van der Waals surface area contributed by atoms with E-state index in [4.69, 9.17) is 5.14 Å². The van der Waals surface area contributed by atoms with Crippen molar-refractivity contribution in [3.05, 3.63) is 30.1 Å². The summed E-state index contributed by atoms with van der Waals surface area (Å²) in [5.74, 6) is -0.182. The number of nitrogens with zero attached hydrogens (tertiary/aromatic N) is 2. The molecule has 0 saturated carbocycles. The maximum Gasteiger partial charge on any atom is 0.224 e. The lowest BCUT2D eigenvalue weighted by Gasteiger charge is -2.24. The average Bonchev–Trinajstić information content (AvgIpc) is 2.71. The molecule has 1 fully saturated rings. The van der Waals surface area contributed by atoms with Gasteiger partial charge in [0.2, 0.25) is 15.9 Å². The van der Waals surface area contributed by atoms with Gasteiger partial charge in [0.15, 0.2) is 0 Å². The molecule has 0 radical (unpaired) electrons. The van der Waals surface area contributed by atoms with Crippen LogP contribution in [0, 0.1) is 0 Å². The van der Waals surface area contributed by atoms with Crippen LogP contribution in [0.4, 0.5) is 0 Å². The van der Waals surface area contributed by atoms with Gasteiger partial charge in [0.05, 0.1) is 6.04 Å². The van der Waals surface area contributed by atoms with Crippen LogP contribution < -0.4 is 5.14 Å². The van der Waals surface area contributed by atoms with Crippen molar-refractivity contribution in [3.8, 4) is 0 Å². The molecule has 2 unspecified atom stereocenters. The molecule has 1 amide bonds. The van der Waals surface area contributed by atoms with Gasteiger partial charge in [-0.05, 0) is 24.6 Å². The van der Waals surface area contributed by atoms with Crippen molar-refractivity contribution in [1.29, 1.82) is 0 Å². The molecule has 2 rings (SSSR count). The van der Waals surface area contributed by atoms with Gasteiger partial charge in [-0.1, -0.05) is 0 Å². The minimum absolute atomic E-state index is 0.0335. The van der Waals surface area contributed by atoms with Gasteiger partial charge >= 0.3 is 0 Å². The second-order valence-corrected chi connectivity index (χ2v) is 6.26. The predicted molar refractivity (Wildman–Crippen MR) is 65.9 cm³/mol. The molecule has 0 spiro atoms. The fourth-order valence-corrected chi connectivity index (χ4v) is 2.86. The smallest absolute Gasteiger partial charge is 0.224 e. The highest BCUT2D eigenvalue weighted by molar-refractivity contribution is 7.89. The Balaban J connectivity index is 2.18. The summed E-state index contributed by atoms with van der Waals surface area (Å²) in [4.78, 5) is 17.3. The molecular weight excluding hydrogens is 254 g/mol. The Bertz CT molecular complexity index is 544. The Morgan fingerprint density at radius 3 is 2.56 bits per heavy atom. The third-order valence-corrected chi connectivity index (χ3v) is 4.49. The summed E-state index contributed by atoms with van der Waals surface area (Å²) < 4.78 is 22.5. The molecule has 2 atom stereocenters. The Kier molecular flexibility index (Phi) is 3.36. The number of rotatable bonds is 3. The number of sulfonamides is 1. The molecule has 2 heterocycles. The van der Waals surface area contributed by atoms with Gasteiger partial charge in [-0.25, -0.2) is 13.6 Å². The lowest BCUT2D eigenvalue weighted by molar-refractivity contribution is -0.129. The minimum atomic E-state index is -3.66. The first-order chi connectivity index (χ1) is 8.39. The van der Waals surface area contributed by atoms with E-state index in [0.717, 1.165) is 5.56 Å². The molecule has 1 saturated heterocycles. The minimum Gasteiger partial charge on any atom is -0.335 e. The molecule has 0 aliphatic carbocycles. The second kappa shape index (κ2) is 4.66. The lowest BCUT2D eigenvalue weighted by atomic mass is 10.1. The molecule has 7 heteroatoms. The van der Waals surface area contributed by atoms with Crippen molar-refractivity contribution in [3.63, 3.8) is 0 Å². The number of nitrogens with two attached hydrogens (primary N) is 1. The molecule has 6 nitrogen and oxygen atoms in total. The van der Waals surface area contributed by atoms with Crippen molar-refractivity contribution in [1.82, 2.24) is 9.88 Å². The van der Waals surface area contributed by atoms with Crippen molar-refractivity contribution in [2.75, 3.05) is 6.54 Å². The number of likely N-dealkylation sites (tertiary alicyclic amines) is 1. The van der Waals surface area contributed by atoms with Gasteiger partial charge in [0.25, 0.3) is 0 Å². The number of hydrogen-bond acceptors (Lipinski definition) is 4. The third kappa shape index (κ3) is 2.51. The molecule has 18 heavy (non-hydrogen) atoms. The summed E-state index contributed by atoms with van der Waals surface area (Å²) in [6.07, 6.45) is 3.25. The maximum absolute atomic E-state index is 11.8. The second-order valence-electron chi connectivity index (χ2n) is 4.42. The van der Waals surface area contributed by atoms with Gasteiger partial charge in [-0.2, -0.15) is 0 Å². The number of carbonyl (C=O) groups excluding carboxylic acids is 1. The first kappa shape index (κ1) is 13.0. The van der Waals surface area contributed by atoms with Crippen LogP contribution in [-0.2, 0) is 14.8 Å². The number of hydrogen-bond donors (Lipinski definition) is 1. The van der Waals surface area contributed by atoms with Gasteiger partial charge in [0, 0.05) is 25.4 Å². The first-order valence-corrected chi connectivity index (χ1v) is 7.21. The number of primary sulfonamides is 1. The van der Waals surface area contributed by atoms with Crippen LogP contribution in [0.5, 0.6) is 0 Å². The number of carbonyl (C=O) groups is 1. The van der Waals surface area contributed by atoms with Crippen LogP contribution in [0.15, 0.2) is 24.5 Å². The standard InChI is InChI=1S/C11H15N3O3S/c1-8(9-2-4-13-5-3-9)14-7-10(6-11(14)15)18(12,16)17/h2-5,8,10H,6-7H2,1H3,(H2,12,16,17). The molecule has 98 valence electrons. The predicted octanol–water partition coefficient (Wildman–Crippen LogP) is 0.0320. The molecular formula is C11H15N3O3S. The first-order valence-electron chi connectivity index (χ1n) is 5.60. The molecule has 1 aliphatic heterocycles. The number of amides is 1. The summed E-state index contributed by atoms with van der Waals surface area (Å²) in [7, 11) is -3.66. The van der Waals surface area contributed by atoms with Crippen LogP contribution >= 0.6 is 0 Å². The van der Waals surface area contributed by atoms with E-state index in [2.05, 4.69) is 4.98 Å². The zero-order chi connectivity index (χ0) is 13.3. The van der Waals surface area contributed by atoms with E-state index in [0.29, 0.717) is 0 Å². The fraction of sp³-hybridized carbons (Fsp3) is 0.455. The largest absolute Gasteiger partial charge is 0.335 e. The van der Waals surface area contributed by atoms with E-state index in [1.165, 1.54) is 0 Å². The highest BCUT2D eigenvalue weighted by Gasteiger charge is 2.38. The van der Waals surface area contributed by atoms with E-state index < -0.39 is 15.3 Å². The third-order valence-electron chi connectivity index (χ3n) is 3.24. The summed E-state index contributed by atoms with van der Waals surface area (Å²) in [6, 6.07) is 3.44. The van der Waals surface area contributed by atoms with Gasteiger partial charge in [-0.15, -0.1) is 0 Å². The molecule has 2 N–H and O–H groups in total. The number of aromatic nitrogens is 1. The van der Waals surface area contributed by atoms with E-state index in [1.807, 2.05) is 19.1 Å².